The minimum atomic E-state index is -0.459. The molecular formula is C13H11BrO5. The SMILES string of the molecule is O=c1cc(C2CCOCO2)c2cc(Br)c(O)cc2o1. The van der Waals surface area contributed by atoms with Crippen LogP contribution in [-0.2, 0) is 9.47 Å². The van der Waals surface area contributed by atoms with Crippen LogP contribution in [0.3, 0.4) is 0 Å². The van der Waals surface area contributed by atoms with E-state index in [2.05, 4.69) is 15.9 Å². The average Bonchev–Trinajstić information content (AvgIpc) is 2.41. The van der Waals surface area contributed by atoms with Gasteiger partial charge in [-0.05, 0) is 27.6 Å². The molecule has 1 fully saturated rings. The van der Waals surface area contributed by atoms with E-state index in [-0.39, 0.29) is 18.6 Å². The molecule has 1 aromatic carbocycles. The number of benzene rings is 1. The number of aromatic hydroxyl groups is 1. The fourth-order valence-electron chi connectivity index (χ4n) is 2.17. The van der Waals surface area contributed by atoms with E-state index in [1.165, 1.54) is 12.1 Å². The minimum absolute atomic E-state index is 0.0284. The molecule has 1 aliphatic heterocycles. The van der Waals surface area contributed by atoms with Gasteiger partial charge in [0.05, 0.1) is 17.2 Å². The Kier molecular flexibility index (Phi) is 3.30. The molecule has 5 nitrogen and oxygen atoms in total. The Balaban J connectivity index is 2.21. The van der Waals surface area contributed by atoms with Gasteiger partial charge in [0.15, 0.2) is 0 Å². The monoisotopic (exact) mass is 326 g/mol. The Labute approximate surface area is 116 Å². The normalized spacial score (nSPS) is 19.7. The van der Waals surface area contributed by atoms with Crippen LogP contribution >= 0.6 is 15.9 Å². The summed E-state index contributed by atoms with van der Waals surface area (Å²) in [4.78, 5) is 11.6. The topological polar surface area (TPSA) is 68.9 Å². The van der Waals surface area contributed by atoms with Crippen molar-refractivity contribution in [1.82, 2.24) is 0 Å². The zero-order chi connectivity index (χ0) is 13.4. The minimum Gasteiger partial charge on any atom is -0.507 e. The number of phenols is 1. The van der Waals surface area contributed by atoms with Crippen molar-refractivity contribution in [3.8, 4) is 5.75 Å². The lowest BCUT2D eigenvalue weighted by molar-refractivity contribution is -0.140. The summed E-state index contributed by atoms with van der Waals surface area (Å²) in [6.07, 6.45) is 0.480. The summed E-state index contributed by atoms with van der Waals surface area (Å²) in [5, 5.41) is 10.4. The number of hydrogen-bond donors (Lipinski definition) is 1. The molecular weight excluding hydrogens is 316 g/mol. The number of halogens is 1. The summed E-state index contributed by atoms with van der Waals surface area (Å²) in [5.74, 6) is 0.0284. The van der Waals surface area contributed by atoms with Crippen LogP contribution < -0.4 is 5.63 Å². The molecule has 2 aromatic rings. The van der Waals surface area contributed by atoms with Gasteiger partial charge in [0, 0.05) is 23.9 Å². The van der Waals surface area contributed by atoms with Crippen molar-refractivity contribution in [2.75, 3.05) is 13.4 Å². The number of rotatable bonds is 1. The third kappa shape index (κ3) is 2.39. The number of fused-ring (bicyclic) bond motifs is 1. The average molecular weight is 327 g/mol. The van der Waals surface area contributed by atoms with Gasteiger partial charge in [0.2, 0.25) is 0 Å². The van der Waals surface area contributed by atoms with E-state index in [0.717, 1.165) is 10.9 Å². The van der Waals surface area contributed by atoms with Gasteiger partial charge in [-0.2, -0.15) is 0 Å². The van der Waals surface area contributed by atoms with E-state index in [0.29, 0.717) is 23.1 Å². The molecule has 19 heavy (non-hydrogen) atoms. The molecule has 1 unspecified atom stereocenters. The molecule has 1 aliphatic rings. The summed E-state index contributed by atoms with van der Waals surface area (Å²) in [7, 11) is 0. The second-order valence-electron chi connectivity index (χ2n) is 4.29. The lowest BCUT2D eigenvalue weighted by Crippen LogP contribution is -2.18. The number of hydrogen-bond acceptors (Lipinski definition) is 5. The molecule has 6 heteroatoms. The molecule has 0 spiro atoms. The Morgan fingerprint density at radius 2 is 2.16 bits per heavy atom. The highest BCUT2D eigenvalue weighted by Crippen LogP contribution is 2.34. The van der Waals surface area contributed by atoms with Gasteiger partial charge in [0.1, 0.15) is 18.1 Å². The van der Waals surface area contributed by atoms with Crippen LogP contribution in [0.5, 0.6) is 5.75 Å². The van der Waals surface area contributed by atoms with E-state index in [9.17, 15) is 9.90 Å². The Bertz CT molecular complexity index is 673. The molecule has 1 saturated heterocycles. The zero-order valence-electron chi connectivity index (χ0n) is 9.89. The molecule has 1 atom stereocenters. The largest absolute Gasteiger partial charge is 0.507 e. The van der Waals surface area contributed by atoms with E-state index < -0.39 is 5.63 Å². The molecule has 1 N–H and O–H groups in total. The third-order valence-corrected chi connectivity index (χ3v) is 3.70. The predicted octanol–water partition coefficient (Wildman–Crippen LogP) is 2.70. The standard InChI is InChI=1S/C13H11BrO5/c14-9-3-7-8(11-1-2-17-6-18-11)4-13(16)19-12(7)5-10(9)15/h3-5,11,15H,1-2,6H2. The third-order valence-electron chi connectivity index (χ3n) is 3.07. The van der Waals surface area contributed by atoms with Crippen LogP contribution in [0.15, 0.2) is 31.9 Å². The molecule has 2 heterocycles. The fraction of sp³-hybridized carbons (Fsp3) is 0.308. The van der Waals surface area contributed by atoms with Crippen LogP contribution in [0.2, 0.25) is 0 Å². The summed E-state index contributed by atoms with van der Waals surface area (Å²) in [6, 6.07) is 4.58. The Morgan fingerprint density at radius 3 is 2.89 bits per heavy atom. The Hall–Kier alpha value is -1.37. The number of phenolic OH excluding ortho intramolecular Hbond substituents is 1. The first-order valence-electron chi connectivity index (χ1n) is 5.81. The zero-order valence-corrected chi connectivity index (χ0v) is 11.5. The molecule has 1 aromatic heterocycles. The van der Waals surface area contributed by atoms with Crippen molar-refractivity contribution >= 4 is 26.9 Å². The van der Waals surface area contributed by atoms with Crippen LogP contribution in [-0.4, -0.2) is 18.5 Å². The van der Waals surface area contributed by atoms with Crippen LogP contribution in [0.1, 0.15) is 18.1 Å². The lowest BCUT2D eigenvalue weighted by atomic mass is 10.0. The quantitative estimate of drug-likeness (QED) is 0.816. The van der Waals surface area contributed by atoms with Crippen molar-refractivity contribution in [3.05, 3.63) is 38.7 Å². The first-order valence-corrected chi connectivity index (χ1v) is 6.60. The van der Waals surface area contributed by atoms with Crippen LogP contribution in [0, 0.1) is 0 Å². The second kappa shape index (κ2) is 4.96. The summed E-state index contributed by atoms with van der Waals surface area (Å²) in [6.45, 7) is 0.803. The van der Waals surface area contributed by atoms with Gasteiger partial charge in [-0.1, -0.05) is 0 Å². The van der Waals surface area contributed by atoms with Gasteiger partial charge in [0.25, 0.3) is 0 Å². The van der Waals surface area contributed by atoms with Crippen molar-refractivity contribution in [1.29, 1.82) is 0 Å². The maximum absolute atomic E-state index is 11.6. The van der Waals surface area contributed by atoms with E-state index in [1.807, 2.05) is 0 Å². The smallest absolute Gasteiger partial charge is 0.336 e. The highest BCUT2D eigenvalue weighted by atomic mass is 79.9. The lowest BCUT2D eigenvalue weighted by Gasteiger charge is -2.23. The summed E-state index contributed by atoms with van der Waals surface area (Å²) < 4.78 is 16.3. The number of ether oxygens (including phenoxy) is 2. The van der Waals surface area contributed by atoms with Gasteiger partial charge in [-0.15, -0.1) is 0 Å². The highest BCUT2D eigenvalue weighted by Gasteiger charge is 2.21. The molecule has 0 aliphatic carbocycles. The fourth-order valence-corrected chi connectivity index (χ4v) is 2.51. The van der Waals surface area contributed by atoms with Gasteiger partial charge < -0.3 is 19.0 Å². The van der Waals surface area contributed by atoms with E-state index in [4.69, 9.17) is 13.9 Å². The van der Waals surface area contributed by atoms with Gasteiger partial charge >= 0.3 is 5.63 Å². The summed E-state index contributed by atoms with van der Waals surface area (Å²) in [5.41, 5.74) is 0.646. The molecule has 0 saturated carbocycles. The van der Waals surface area contributed by atoms with Crippen molar-refractivity contribution < 1.29 is 19.0 Å². The predicted molar refractivity (Wildman–Crippen MR) is 71.1 cm³/mol. The highest BCUT2D eigenvalue weighted by molar-refractivity contribution is 9.10. The van der Waals surface area contributed by atoms with Gasteiger partial charge in [-0.3, -0.25) is 0 Å². The van der Waals surface area contributed by atoms with E-state index in [1.54, 1.807) is 6.07 Å². The first-order chi connectivity index (χ1) is 9.15. The second-order valence-corrected chi connectivity index (χ2v) is 5.14. The van der Waals surface area contributed by atoms with E-state index >= 15 is 0 Å². The molecule has 0 bridgehead atoms. The van der Waals surface area contributed by atoms with Gasteiger partial charge in [-0.25, -0.2) is 4.79 Å². The van der Waals surface area contributed by atoms with Crippen LogP contribution in [0.4, 0.5) is 0 Å². The first kappa shape index (κ1) is 12.7. The van der Waals surface area contributed by atoms with Crippen molar-refractivity contribution in [3.63, 3.8) is 0 Å². The molecule has 0 radical (unpaired) electrons. The van der Waals surface area contributed by atoms with Crippen molar-refractivity contribution in [2.24, 2.45) is 0 Å². The maximum Gasteiger partial charge on any atom is 0.336 e. The summed E-state index contributed by atoms with van der Waals surface area (Å²) >= 11 is 3.26. The van der Waals surface area contributed by atoms with Crippen LogP contribution in [0.25, 0.3) is 11.0 Å². The molecule has 0 amide bonds. The van der Waals surface area contributed by atoms with Crippen molar-refractivity contribution in [2.45, 2.75) is 12.5 Å². The molecule has 3 rings (SSSR count). The Morgan fingerprint density at radius 1 is 1.32 bits per heavy atom. The maximum atomic E-state index is 11.6. The molecule has 100 valence electrons.